The molecule has 7 heteroatoms. The number of hydrogen-bond acceptors (Lipinski definition) is 5. The van der Waals surface area contributed by atoms with Crippen LogP contribution in [0.25, 0.3) is 0 Å². The summed E-state index contributed by atoms with van der Waals surface area (Å²) in [6.45, 7) is 13.9. The van der Waals surface area contributed by atoms with Gasteiger partial charge in [0.1, 0.15) is 17.8 Å². The van der Waals surface area contributed by atoms with Crippen molar-refractivity contribution in [2.75, 3.05) is 5.75 Å². The Balaban J connectivity index is 1.60. The third-order valence-corrected chi connectivity index (χ3v) is 13.2. The predicted molar refractivity (Wildman–Crippen MR) is 160 cm³/mol. The van der Waals surface area contributed by atoms with Gasteiger partial charge in [-0.15, -0.1) is 13.2 Å². The standard InChI is InChI=1S/C33H53NO5S/c1-6-13-28(29(35)19-18-24(2)3)31(36)39-30-22-25-20-21-33(30,32(25,4)5)23-40(37,38)34(26-14-9-7-10-15-26)27-16-11-8-12-17-27/h6,25-28,30H,1-2,7-23H2,3-5H3/t25-,28?,30?,33-/m1/s1. The van der Waals surface area contributed by atoms with Crippen LogP contribution in [-0.2, 0) is 24.3 Å². The van der Waals surface area contributed by atoms with Crippen LogP contribution in [0.2, 0.25) is 0 Å². The van der Waals surface area contributed by atoms with Crippen molar-refractivity contribution < 1.29 is 22.7 Å². The third kappa shape index (κ3) is 6.30. The lowest BCUT2D eigenvalue weighted by Gasteiger charge is -2.46. The van der Waals surface area contributed by atoms with E-state index < -0.39 is 33.4 Å². The molecule has 2 unspecified atom stereocenters. The smallest absolute Gasteiger partial charge is 0.317 e. The molecule has 226 valence electrons. The van der Waals surface area contributed by atoms with Gasteiger partial charge < -0.3 is 4.74 Å². The van der Waals surface area contributed by atoms with Crippen molar-refractivity contribution in [2.45, 2.75) is 142 Å². The molecule has 0 spiro atoms. The highest BCUT2D eigenvalue weighted by molar-refractivity contribution is 7.89. The van der Waals surface area contributed by atoms with Gasteiger partial charge in [-0.3, -0.25) is 9.59 Å². The summed E-state index contributed by atoms with van der Waals surface area (Å²) < 4.78 is 37.4. The van der Waals surface area contributed by atoms with Crippen LogP contribution in [-0.4, -0.2) is 48.4 Å². The number of allylic oxidation sites excluding steroid dienone is 2. The zero-order chi connectivity index (χ0) is 29.1. The number of carbonyl (C=O) groups is 2. The number of Topliss-reactive ketones (excluding diaryl/α,β-unsaturated/α-hetero) is 1. The molecule has 2 bridgehead atoms. The summed E-state index contributed by atoms with van der Waals surface area (Å²) in [7, 11) is -3.60. The molecule has 4 fully saturated rings. The van der Waals surface area contributed by atoms with Gasteiger partial charge in [0, 0.05) is 23.9 Å². The van der Waals surface area contributed by atoms with E-state index in [0.29, 0.717) is 18.8 Å². The van der Waals surface area contributed by atoms with Gasteiger partial charge in [0.05, 0.1) is 5.75 Å². The zero-order valence-electron chi connectivity index (χ0n) is 25.3. The Bertz CT molecular complexity index is 1030. The topological polar surface area (TPSA) is 80.8 Å². The highest BCUT2D eigenvalue weighted by atomic mass is 32.2. The molecule has 0 N–H and O–H groups in total. The van der Waals surface area contributed by atoms with E-state index in [0.717, 1.165) is 69.8 Å². The molecule has 0 aliphatic heterocycles. The van der Waals surface area contributed by atoms with Crippen molar-refractivity contribution >= 4 is 21.8 Å². The number of nitrogens with zero attached hydrogens (tertiary/aromatic N) is 1. The van der Waals surface area contributed by atoms with E-state index in [1.807, 2.05) is 11.2 Å². The Hall–Kier alpha value is -1.47. The highest BCUT2D eigenvalue weighted by Crippen LogP contribution is 2.67. The first-order valence-corrected chi connectivity index (χ1v) is 17.5. The van der Waals surface area contributed by atoms with Crippen molar-refractivity contribution in [3.63, 3.8) is 0 Å². The van der Waals surface area contributed by atoms with Gasteiger partial charge in [-0.2, -0.15) is 4.31 Å². The van der Waals surface area contributed by atoms with Gasteiger partial charge >= 0.3 is 5.97 Å². The Kier molecular flexibility index (Phi) is 10.1. The molecule has 4 saturated carbocycles. The van der Waals surface area contributed by atoms with E-state index in [-0.39, 0.29) is 41.9 Å². The first-order chi connectivity index (χ1) is 18.9. The second kappa shape index (κ2) is 12.8. The maximum atomic E-state index is 14.6. The van der Waals surface area contributed by atoms with Gasteiger partial charge in [0.2, 0.25) is 10.0 Å². The first-order valence-electron chi connectivity index (χ1n) is 15.9. The normalized spacial score (nSPS) is 29.8. The van der Waals surface area contributed by atoms with E-state index in [4.69, 9.17) is 4.74 Å². The van der Waals surface area contributed by atoms with E-state index in [1.165, 1.54) is 12.8 Å². The number of rotatable bonds is 13. The van der Waals surface area contributed by atoms with Crippen molar-refractivity contribution in [3.8, 4) is 0 Å². The van der Waals surface area contributed by atoms with Gasteiger partial charge in [-0.25, -0.2) is 8.42 Å². The molecule has 0 aromatic heterocycles. The molecule has 4 rings (SSSR count). The van der Waals surface area contributed by atoms with Crippen LogP contribution in [0.15, 0.2) is 24.8 Å². The minimum Gasteiger partial charge on any atom is -0.461 e. The van der Waals surface area contributed by atoms with E-state index in [1.54, 1.807) is 6.08 Å². The highest BCUT2D eigenvalue weighted by Gasteiger charge is 2.67. The monoisotopic (exact) mass is 575 g/mol. The zero-order valence-corrected chi connectivity index (χ0v) is 26.1. The molecule has 0 aromatic carbocycles. The Labute approximate surface area is 243 Å². The molecule has 0 amide bonds. The lowest BCUT2D eigenvalue weighted by molar-refractivity contribution is -0.163. The van der Waals surface area contributed by atoms with Crippen LogP contribution in [0.4, 0.5) is 0 Å². The Morgan fingerprint density at radius 3 is 2.05 bits per heavy atom. The number of esters is 1. The van der Waals surface area contributed by atoms with Crippen molar-refractivity contribution in [1.82, 2.24) is 4.31 Å². The van der Waals surface area contributed by atoms with Crippen LogP contribution in [0, 0.1) is 22.7 Å². The summed E-state index contributed by atoms with van der Waals surface area (Å²) in [5, 5.41) is 0. The molecule has 6 nitrogen and oxygen atoms in total. The molecule has 40 heavy (non-hydrogen) atoms. The third-order valence-electron chi connectivity index (χ3n) is 11.1. The number of sulfonamides is 1. The average Bonchev–Trinajstić information content (AvgIpc) is 3.26. The summed E-state index contributed by atoms with van der Waals surface area (Å²) >= 11 is 0. The number of hydrogen-bond donors (Lipinski definition) is 0. The lowest BCUT2D eigenvalue weighted by Crippen LogP contribution is -2.55. The molecule has 0 saturated heterocycles. The van der Waals surface area contributed by atoms with Crippen molar-refractivity contribution in [3.05, 3.63) is 24.8 Å². The van der Waals surface area contributed by atoms with Crippen LogP contribution in [0.3, 0.4) is 0 Å². The van der Waals surface area contributed by atoms with Crippen LogP contribution >= 0.6 is 0 Å². The predicted octanol–water partition coefficient (Wildman–Crippen LogP) is 7.14. The summed E-state index contributed by atoms with van der Waals surface area (Å²) in [5.74, 6) is -1.24. The van der Waals surface area contributed by atoms with Crippen LogP contribution in [0.5, 0.6) is 0 Å². The van der Waals surface area contributed by atoms with E-state index >= 15 is 0 Å². The summed E-state index contributed by atoms with van der Waals surface area (Å²) in [5.41, 5.74) is -0.0143. The molecular formula is C33H53NO5S. The SMILES string of the molecule is C=CCC(C(=O)CCC(=C)C)C(=O)OC1C[C@H]2CC[C@]1(CS(=O)(=O)N(C1CCCCC1)C1CCCCC1)C2(C)C. The van der Waals surface area contributed by atoms with Gasteiger partial charge in [-0.1, -0.05) is 64.0 Å². The maximum Gasteiger partial charge on any atom is 0.317 e. The second-order valence-corrected chi connectivity index (χ2v) is 15.8. The van der Waals surface area contributed by atoms with Gasteiger partial charge in [0.15, 0.2) is 0 Å². The molecule has 0 heterocycles. The Morgan fingerprint density at radius 1 is 0.975 bits per heavy atom. The fourth-order valence-electron chi connectivity index (χ4n) is 8.59. The second-order valence-electron chi connectivity index (χ2n) is 13.9. The summed E-state index contributed by atoms with van der Waals surface area (Å²) in [6.07, 6.45) is 15.0. The van der Waals surface area contributed by atoms with E-state index in [2.05, 4.69) is 27.0 Å². The van der Waals surface area contributed by atoms with Gasteiger partial charge in [-0.05, 0) is 76.0 Å². The van der Waals surface area contributed by atoms with Crippen LogP contribution in [0.1, 0.15) is 124 Å². The molecular weight excluding hydrogens is 522 g/mol. The summed E-state index contributed by atoms with van der Waals surface area (Å²) in [4.78, 5) is 26.5. The van der Waals surface area contributed by atoms with Crippen LogP contribution < -0.4 is 0 Å². The number of carbonyl (C=O) groups excluding carboxylic acids is 2. The largest absolute Gasteiger partial charge is 0.461 e. The van der Waals surface area contributed by atoms with E-state index in [9.17, 15) is 18.0 Å². The Morgan fingerprint density at radius 2 is 1.55 bits per heavy atom. The number of ketones is 1. The van der Waals surface area contributed by atoms with Crippen molar-refractivity contribution in [2.24, 2.45) is 22.7 Å². The summed E-state index contributed by atoms with van der Waals surface area (Å²) in [6, 6.07) is 0.174. The number of ether oxygens (including phenoxy) is 1. The fraction of sp³-hybridized carbons (Fsp3) is 0.818. The molecule has 4 aliphatic rings. The molecule has 0 radical (unpaired) electrons. The van der Waals surface area contributed by atoms with Crippen molar-refractivity contribution in [1.29, 1.82) is 0 Å². The fourth-order valence-corrected chi connectivity index (χ4v) is 11.4. The molecule has 0 aromatic rings. The van der Waals surface area contributed by atoms with Gasteiger partial charge in [0.25, 0.3) is 0 Å². The quantitative estimate of drug-likeness (QED) is 0.132. The molecule has 4 atom stereocenters. The minimum atomic E-state index is -3.60. The maximum absolute atomic E-state index is 14.6. The average molecular weight is 576 g/mol. The molecule has 4 aliphatic carbocycles. The first kappa shape index (κ1) is 31.5. The minimum absolute atomic E-state index is 0.0319. The number of fused-ring (bicyclic) bond motifs is 2. The lowest BCUT2D eigenvalue weighted by atomic mass is 9.69.